The van der Waals surface area contributed by atoms with E-state index in [1.165, 1.54) is 44.3 Å². The predicted molar refractivity (Wildman–Crippen MR) is 103 cm³/mol. The molecule has 1 saturated heterocycles. The third-order valence-corrected chi connectivity index (χ3v) is 5.49. The van der Waals surface area contributed by atoms with Gasteiger partial charge in [0.15, 0.2) is 0 Å². The Morgan fingerprint density at radius 3 is 2.64 bits per heavy atom. The van der Waals surface area contributed by atoms with Crippen molar-refractivity contribution in [3.63, 3.8) is 0 Å². The monoisotopic (exact) mass is 357 g/mol. The first-order valence-corrected chi connectivity index (χ1v) is 10.1. The van der Waals surface area contributed by atoms with Gasteiger partial charge in [0.05, 0.1) is 17.1 Å². The summed E-state index contributed by atoms with van der Waals surface area (Å²) < 4.78 is 0. The molecule has 0 aliphatic carbocycles. The van der Waals surface area contributed by atoms with Gasteiger partial charge in [-0.1, -0.05) is 43.2 Å². The lowest BCUT2D eigenvalue weighted by Crippen LogP contribution is -2.36. The lowest BCUT2D eigenvalue weighted by Gasteiger charge is -2.19. The summed E-state index contributed by atoms with van der Waals surface area (Å²) in [7, 11) is 0. The molecule has 134 valence electrons. The molecule has 5 heteroatoms. The molecule has 0 radical (unpaired) electrons. The van der Waals surface area contributed by atoms with E-state index in [9.17, 15) is 4.79 Å². The lowest BCUT2D eigenvalue weighted by atomic mass is 10.2. The molecule has 4 nitrogen and oxygen atoms in total. The molecule has 1 N–H and O–H groups in total. The van der Waals surface area contributed by atoms with Crippen LogP contribution in [0.3, 0.4) is 0 Å². The highest BCUT2D eigenvalue weighted by Crippen LogP contribution is 2.15. The van der Waals surface area contributed by atoms with Gasteiger partial charge < -0.3 is 10.2 Å². The standard InChI is InChI=1S/C20H27N3OS/c24-19(21-10-13-23-11-6-1-2-7-12-23)15-18-16-25-20(22-18)14-17-8-4-3-5-9-17/h3-5,8-9,16H,1-2,6-7,10-15H2,(H,21,24). The van der Waals surface area contributed by atoms with Crippen LogP contribution in [0.2, 0.25) is 0 Å². The Kier molecular flexibility index (Phi) is 7.00. The fourth-order valence-electron chi connectivity index (χ4n) is 3.22. The molecule has 1 aliphatic rings. The number of hydrogen-bond acceptors (Lipinski definition) is 4. The van der Waals surface area contributed by atoms with Gasteiger partial charge in [-0.3, -0.25) is 4.79 Å². The second-order valence-corrected chi connectivity index (χ2v) is 7.62. The summed E-state index contributed by atoms with van der Waals surface area (Å²) >= 11 is 1.64. The van der Waals surface area contributed by atoms with E-state index < -0.39 is 0 Å². The number of carbonyl (C=O) groups excluding carboxylic acids is 1. The third kappa shape index (κ3) is 6.25. The molecule has 25 heavy (non-hydrogen) atoms. The number of nitrogens with zero attached hydrogens (tertiary/aromatic N) is 2. The van der Waals surface area contributed by atoms with E-state index in [0.29, 0.717) is 6.42 Å². The van der Waals surface area contributed by atoms with Crippen molar-refractivity contribution in [3.05, 3.63) is 52.0 Å². The summed E-state index contributed by atoms with van der Waals surface area (Å²) in [6.07, 6.45) is 6.48. The molecule has 1 aromatic heterocycles. The minimum absolute atomic E-state index is 0.0754. The van der Waals surface area contributed by atoms with Gasteiger partial charge >= 0.3 is 0 Å². The molecule has 2 heterocycles. The molecule has 2 aromatic rings. The second kappa shape index (κ2) is 9.68. The van der Waals surface area contributed by atoms with E-state index in [-0.39, 0.29) is 5.91 Å². The van der Waals surface area contributed by atoms with Crippen LogP contribution in [0.1, 0.15) is 41.9 Å². The SMILES string of the molecule is O=C(Cc1csc(Cc2ccccc2)n1)NCCN1CCCCCC1. The Morgan fingerprint density at radius 1 is 1.12 bits per heavy atom. The van der Waals surface area contributed by atoms with Crippen molar-refractivity contribution in [1.29, 1.82) is 0 Å². The van der Waals surface area contributed by atoms with Gasteiger partial charge in [-0.2, -0.15) is 0 Å². The second-order valence-electron chi connectivity index (χ2n) is 6.68. The predicted octanol–water partition coefficient (Wildman–Crippen LogP) is 3.27. The minimum Gasteiger partial charge on any atom is -0.354 e. The van der Waals surface area contributed by atoms with E-state index in [4.69, 9.17) is 0 Å². The number of hydrogen-bond donors (Lipinski definition) is 1. The van der Waals surface area contributed by atoms with Crippen LogP contribution in [-0.4, -0.2) is 42.0 Å². The van der Waals surface area contributed by atoms with Crippen LogP contribution in [0.25, 0.3) is 0 Å². The van der Waals surface area contributed by atoms with Crippen molar-refractivity contribution in [1.82, 2.24) is 15.2 Å². The average Bonchev–Trinajstić information content (AvgIpc) is 2.89. The molecule has 1 amide bonds. The van der Waals surface area contributed by atoms with Crippen molar-refractivity contribution in [3.8, 4) is 0 Å². The Hall–Kier alpha value is -1.72. The maximum Gasteiger partial charge on any atom is 0.226 e. The summed E-state index contributed by atoms with van der Waals surface area (Å²) in [6.45, 7) is 4.04. The Labute approximate surface area is 154 Å². The van der Waals surface area contributed by atoms with Crippen LogP contribution in [0.5, 0.6) is 0 Å². The molecule has 0 spiro atoms. The molecule has 3 rings (SSSR count). The van der Waals surface area contributed by atoms with Crippen molar-refractivity contribution in [2.75, 3.05) is 26.2 Å². The summed E-state index contributed by atoms with van der Waals surface area (Å²) in [5, 5.41) is 6.12. The highest BCUT2D eigenvalue weighted by molar-refractivity contribution is 7.09. The quantitative estimate of drug-likeness (QED) is 0.827. The largest absolute Gasteiger partial charge is 0.354 e. The maximum atomic E-state index is 12.1. The number of nitrogens with one attached hydrogen (secondary N) is 1. The molecule has 1 aromatic carbocycles. The Bertz CT molecular complexity index is 648. The summed E-state index contributed by atoms with van der Waals surface area (Å²) in [5.74, 6) is 0.0754. The summed E-state index contributed by atoms with van der Waals surface area (Å²) in [5.41, 5.74) is 2.13. The smallest absolute Gasteiger partial charge is 0.226 e. The van der Waals surface area contributed by atoms with E-state index in [1.54, 1.807) is 11.3 Å². The van der Waals surface area contributed by atoms with Gasteiger partial charge in [0.1, 0.15) is 0 Å². The topological polar surface area (TPSA) is 45.2 Å². The lowest BCUT2D eigenvalue weighted by molar-refractivity contribution is -0.120. The fraction of sp³-hybridized carbons (Fsp3) is 0.500. The van der Waals surface area contributed by atoms with E-state index in [1.807, 2.05) is 23.6 Å². The van der Waals surface area contributed by atoms with Crippen molar-refractivity contribution >= 4 is 17.2 Å². The van der Waals surface area contributed by atoms with Crippen LogP contribution < -0.4 is 5.32 Å². The van der Waals surface area contributed by atoms with Crippen LogP contribution in [0.15, 0.2) is 35.7 Å². The first-order valence-electron chi connectivity index (χ1n) is 9.26. The third-order valence-electron chi connectivity index (χ3n) is 4.59. The van der Waals surface area contributed by atoms with Crippen molar-refractivity contribution in [2.24, 2.45) is 0 Å². The normalized spacial score (nSPS) is 15.7. The van der Waals surface area contributed by atoms with Crippen molar-refractivity contribution in [2.45, 2.75) is 38.5 Å². The summed E-state index contributed by atoms with van der Waals surface area (Å²) in [6, 6.07) is 10.3. The van der Waals surface area contributed by atoms with E-state index in [2.05, 4.69) is 27.3 Å². The van der Waals surface area contributed by atoms with Gasteiger partial charge in [0.25, 0.3) is 0 Å². The minimum atomic E-state index is 0.0754. The zero-order valence-electron chi connectivity index (χ0n) is 14.7. The van der Waals surface area contributed by atoms with Crippen LogP contribution in [0, 0.1) is 0 Å². The van der Waals surface area contributed by atoms with E-state index in [0.717, 1.165) is 30.2 Å². The molecule has 0 unspecified atom stereocenters. The number of carbonyl (C=O) groups is 1. The number of amides is 1. The highest BCUT2D eigenvalue weighted by Gasteiger charge is 2.11. The Balaban J connectivity index is 1.39. The molecular formula is C20H27N3OS. The number of benzene rings is 1. The number of aromatic nitrogens is 1. The molecule has 1 fully saturated rings. The van der Waals surface area contributed by atoms with Crippen molar-refractivity contribution < 1.29 is 4.79 Å². The van der Waals surface area contributed by atoms with Gasteiger partial charge in [0, 0.05) is 24.9 Å². The van der Waals surface area contributed by atoms with Crippen LogP contribution >= 0.6 is 11.3 Å². The van der Waals surface area contributed by atoms with Crippen LogP contribution in [0.4, 0.5) is 0 Å². The molecule has 1 aliphatic heterocycles. The van der Waals surface area contributed by atoms with Gasteiger partial charge in [-0.15, -0.1) is 11.3 Å². The molecule has 0 bridgehead atoms. The van der Waals surface area contributed by atoms with Gasteiger partial charge in [-0.05, 0) is 31.5 Å². The molecular weight excluding hydrogens is 330 g/mol. The first kappa shape index (κ1) is 18.1. The van der Waals surface area contributed by atoms with Gasteiger partial charge in [-0.25, -0.2) is 4.98 Å². The fourth-order valence-corrected chi connectivity index (χ4v) is 4.05. The Morgan fingerprint density at radius 2 is 1.88 bits per heavy atom. The van der Waals surface area contributed by atoms with Gasteiger partial charge in [0.2, 0.25) is 5.91 Å². The average molecular weight is 358 g/mol. The molecule has 0 atom stereocenters. The van der Waals surface area contributed by atoms with Crippen LogP contribution in [-0.2, 0) is 17.6 Å². The first-order chi connectivity index (χ1) is 12.3. The highest BCUT2D eigenvalue weighted by atomic mass is 32.1. The zero-order chi connectivity index (χ0) is 17.3. The van der Waals surface area contributed by atoms with E-state index >= 15 is 0 Å². The zero-order valence-corrected chi connectivity index (χ0v) is 15.6. The molecule has 0 saturated carbocycles. The summed E-state index contributed by atoms with van der Waals surface area (Å²) in [4.78, 5) is 19.2. The number of likely N-dealkylation sites (tertiary alicyclic amines) is 1. The maximum absolute atomic E-state index is 12.1. The number of rotatable bonds is 7. The number of thiazole rings is 1.